The number of hydrogen-bond acceptors (Lipinski definition) is 6. The van der Waals surface area contributed by atoms with E-state index in [9.17, 15) is 4.79 Å². The number of rotatable bonds is 4. The van der Waals surface area contributed by atoms with E-state index in [0.717, 1.165) is 43.3 Å². The van der Waals surface area contributed by atoms with Gasteiger partial charge in [0, 0.05) is 37.4 Å². The number of hydrogen-bond donors (Lipinski definition) is 1. The van der Waals surface area contributed by atoms with Crippen LogP contribution in [-0.2, 0) is 0 Å². The van der Waals surface area contributed by atoms with Gasteiger partial charge >= 0.3 is 0 Å². The zero-order chi connectivity index (χ0) is 19.5. The molecule has 2 aromatic heterocycles. The van der Waals surface area contributed by atoms with E-state index in [0.29, 0.717) is 10.4 Å². The molecule has 1 aliphatic rings. The molecule has 4 rings (SSSR count). The van der Waals surface area contributed by atoms with Gasteiger partial charge in [-0.15, -0.1) is 10.2 Å². The lowest BCUT2D eigenvalue weighted by Gasteiger charge is -2.32. The molecule has 0 unspecified atom stereocenters. The molecule has 1 amide bonds. The average molecular weight is 442 g/mol. The zero-order valence-electron chi connectivity index (χ0n) is 15.4. The molecule has 3 aromatic rings. The lowest BCUT2D eigenvalue weighted by Crippen LogP contribution is -2.44. The van der Waals surface area contributed by atoms with Gasteiger partial charge in [-0.3, -0.25) is 4.79 Å². The molecule has 1 saturated heterocycles. The van der Waals surface area contributed by atoms with Crippen LogP contribution in [0.3, 0.4) is 0 Å². The summed E-state index contributed by atoms with van der Waals surface area (Å²) in [6.07, 6.45) is 0. The Morgan fingerprint density at radius 2 is 1.89 bits per heavy atom. The predicted octanol–water partition coefficient (Wildman–Crippen LogP) is 3.50. The highest BCUT2D eigenvalue weighted by atomic mass is 79.9. The smallest absolute Gasteiger partial charge is 0.291 e. The van der Waals surface area contributed by atoms with E-state index >= 15 is 0 Å². The first-order valence-electron chi connectivity index (χ1n) is 9.03. The van der Waals surface area contributed by atoms with E-state index in [1.807, 2.05) is 36.4 Å². The number of halogens is 1. The summed E-state index contributed by atoms with van der Waals surface area (Å²) in [6, 6.07) is 14.8. The highest BCUT2D eigenvalue weighted by Gasteiger charge is 2.16. The topological polar surface area (TPSA) is 74.5 Å². The third-order valence-electron chi connectivity index (χ3n) is 4.69. The van der Waals surface area contributed by atoms with Crippen LogP contribution in [0.2, 0.25) is 0 Å². The largest absolute Gasteiger partial charge is 0.444 e. The SMILES string of the molecule is CN1CCN(c2ccc(-c3cccc(NC(=O)c4ccc(Br)o4)c3)nn2)CC1. The number of benzene rings is 1. The molecule has 1 aliphatic heterocycles. The maximum absolute atomic E-state index is 12.3. The van der Waals surface area contributed by atoms with Crippen LogP contribution in [0, 0.1) is 0 Å². The fourth-order valence-electron chi connectivity index (χ4n) is 3.07. The Hall–Kier alpha value is -2.71. The van der Waals surface area contributed by atoms with Crippen LogP contribution >= 0.6 is 15.9 Å². The summed E-state index contributed by atoms with van der Waals surface area (Å²) in [7, 11) is 2.13. The molecule has 144 valence electrons. The van der Waals surface area contributed by atoms with E-state index in [-0.39, 0.29) is 11.7 Å². The van der Waals surface area contributed by atoms with E-state index < -0.39 is 0 Å². The summed E-state index contributed by atoms with van der Waals surface area (Å²) in [5.74, 6) is 0.831. The molecule has 28 heavy (non-hydrogen) atoms. The number of nitrogens with one attached hydrogen (secondary N) is 1. The molecule has 0 saturated carbocycles. The first kappa shape index (κ1) is 18.6. The Morgan fingerprint density at radius 1 is 1.07 bits per heavy atom. The minimum atomic E-state index is -0.306. The number of likely N-dealkylation sites (N-methyl/N-ethyl adjacent to an activating group) is 1. The summed E-state index contributed by atoms with van der Waals surface area (Å²) in [4.78, 5) is 16.8. The Kier molecular flexibility index (Phi) is 5.40. The second kappa shape index (κ2) is 8.12. The Labute approximate surface area is 171 Å². The van der Waals surface area contributed by atoms with Crippen molar-refractivity contribution in [3.8, 4) is 11.3 Å². The van der Waals surface area contributed by atoms with Gasteiger partial charge in [-0.25, -0.2) is 0 Å². The molecule has 8 heteroatoms. The third-order valence-corrected chi connectivity index (χ3v) is 5.12. The van der Waals surface area contributed by atoms with Crippen molar-refractivity contribution >= 4 is 33.3 Å². The van der Waals surface area contributed by atoms with E-state index in [1.165, 1.54) is 0 Å². The number of amides is 1. The summed E-state index contributed by atoms with van der Waals surface area (Å²) >= 11 is 3.20. The number of nitrogens with zero attached hydrogens (tertiary/aromatic N) is 4. The van der Waals surface area contributed by atoms with Gasteiger partial charge in [-0.2, -0.15) is 0 Å². The molecular formula is C20H20BrN5O2. The van der Waals surface area contributed by atoms with E-state index in [1.54, 1.807) is 12.1 Å². The van der Waals surface area contributed by atoms with Gasteiger partial charge in [0.2, 0.25) is 0 Å². The van der Waals surface area contributed by atoms with Crippen molar-refractivity contribution in [1.82, 2.24) is 15.1 Å². The second-order valence-corrected chi connectivity index (χ2v) is 7.49. The lowest BCUT2D eigenvalue weighted by molar-refractivity contribution is 0.0995. The molecule has 1 fully saturated rings. The number of piperazine rings is 1. The minimum Gasteiger partial charge on any atom is -0.444 e. The summed E-state index contributed by atoms with van der Waals surface area (Å²) in [5.41, 5.74) is 2.31. The number of carbonyl (C=O) groups is 1. The van der Waals surface area contributed by atoms with Crippen molar-refractivity contribution in [1.29, 1.82) is 0 Å². The number of anilines is 2. The van der Waals surface area contributed by atoms with Crippen LogP contribution in [-0.4, -0.2) is 54.2 Å². The van der Waals surface area contributed by atoms with Crippen molar-refractivity contribution in [2.45, 2.75) is 0 Å². The molecule has 3 heterocycles. The van der Waals surface area contributed by atoms with E-state index in [2.05, 4.69) is 48.3 Å². The van der Waals surface area contributed by atoms with Gasteiger partial charge in [-0.05, 0) is 59.4 Å². The Morgan fingerprint density at radius 3 is 2.57 bits per heavy atom. The summed E-state index contributed by atoms with van der Waals surface area (Å²) < 4.78 is 5.80. The molecule has 1 aromatic carbocycles. The highest BCUT2D eigenvalue weighted by Crippen LogP contribution is 2.23. The Balaban J connectivity index is 1.47. The maximum atomic E-state index is 12.3. The standard InChI is InChI=1S/C20H20BrN5O2/c1-25-9-11-26(12-10-25)19-8-5-16(23-24-19)14-3-2-4-15(13-14)22-20(27)17-6-7-18(21)28-17/h2-8,13H,9-12H2,1H3,(H,22,27). The van der Waals surface area contributed by atoms with Gasteiger partial charge in [-0.1, -0.05) is 12.1 Å². The normalized spacial score (nSPS) is 14.9. The van der Waals surface area contributed by atoms with Crippen molar-refractivity contribution in [3.05, 3.63) is 59.0 Å². The second-order valence-electron chi connectivity index (χ2n) is 6.71. The molecule has 0 radical (unpaired) electrons. The monoisotopic (exact) mass is 441 g/mol. The average Bonchev–Trinajstić information content (AvgIpc) is 3.16. The Bertz CT molecular complexity index is 965. The predicted molar refractivity (Wildman–Crippen MR) is 112 cm³/mol. The van der Waals surface area contributed by atoms with Gasteiger partial charge < -0.3 is 19.5 Å². The van der Waals surface area contributed by atoms with Gasteiger partial charge in [0.05, 0.1) is 5.69 Å². The van der Waals surface area contributed by atoms with Crippen LogP contribution in [0.1, 0.15) is 10.6 Å². The van der Waals surface area contributed by atoms with E-state index in [4.69, 9.17) is 4.42 Å². The highest BCUT2D eigenvalue weighted by molar-refractivity contribution is 9.10. The summed E-state index contributed by atoms with van der Waals surface area (Å²) in [5, 5.41) is 11.6. The molecular weight excluding hydrogens is 422 g/mol. The first-order valence-corrected chi connectivity index (χ1v) is 9.82. The van der Waals surface area contributed by atoms with Crippen LogP contribution in [0.5, 0.6) is 0 Å². The lowest BCUT2D eigenvalue weighted by atomic mass is 10.1. The third kappa shape index (κ3) is 4.23. The molecule has 0 atom stereocenters. The fraction of sp³-hybridized carbons (Fsp3) is 0.250. The van der Waals surface area contributed by atoms with Crippen LogP contribution < -0.4 is 10.2 Å². The van der Waals surface area contributed by atoms with Gasteiger partial charge in [0.1, 0.15) is 0 Å². The van der Waals surface area contributed by atoms with Gasteiger partial charge in [0.15, 0.2) is 16.2 Å². The first-order chi connectivity index (χ1) is 13.6. The number of furan rings is 1. The molecule has 7 nitrogen and oxygen atoms in total. The zero-order valence-corrected chi connectivity index (χ0v) is 17.0. The minimum absolute atomic E-state index is 0.244. The molecule has 1 N–H and O–H groups in total. The quantitative estimate of drug-likeness (QED) is 0.667. The van der Waals surface area contributed by atoms with Crippen molar-refractivity contribution in [3.63, 3.8) is 0 Å². The molecule has 0 aliphatic carbocycles. The molecule has 0 spiro atoms. The van der Waals surface area contributed by atoms with Crippen molar-refractivity contribution < 1.29 is 9.21 Å². The van der Waals surface area contributed by atoms with Gasteiger partial charge in [0.25, 0.3) is 5.91 Å². The summed E-state index contributed by atoms with van der Waals surface area (Å²) in [6.45, 7) is 3.96. The van der Waals surface area contributed by atoms with Crippen molar-refractivity contribution in [2.24, 2.45) is 0 Å². The van der Waals surface area contributed by atoms with Crippen LogP contribution in [0.25, 0.3) is 11.3 Å². The van der Waals surface area contributed by atoms with Crippen molar-refractivity contribution in [2.75, 3.05) is 43.4 Å². The fourth-order valence-corrected chi connectivity index (χ4v) is 3.38. The number of carbonyl (C=O) groups excluding carboxylic acids is 1. The van der Waals surface area contributed by atoms with Crippen LogP contribution in [0.15, 0.2) is 57.6 Å². The maximum Gasteiger partial charge on any atom is 0.291 e. The van der Waals surface area contributed by atoms with Crippen LogP contribution in [0.4, 0.5) is 11.5 Å². The number of aromatic nitrogens is 2. The molecule has 0 bridgehead atoms.